The molecule has 1 amide bonds. The second-order valence-corrected chi connectivity index (χ2v) is 10.0. The van der Waals surface area contributed by atoms with Gasteiger partial charge in [-0.1, -0.05) is 23.5 Å². The van der Waals surface area contributed by atoms with E-state index in [0.717, 1.165) is 17.4 Å². The Morgan fingerprint density at radius 1 is 1.10 bits per heavy atom. The van der Waals surface area contributed by atoms with Gasteiger partial charge in [-0.3, -0.25) is 4.79 Å². The van der Waals surface area contributed by atoms with Crippen LogP contribution in [0, 0.1) is 11.6 Å². The van der Waals surface area contributed by atoms with E-state index in [1.54, 1.807) is 6.07 Å². The molecule has 0 radical (unpaired) electrons. The molecule has 3 aromatic rings. The highest BCUT2D eigenvalue weighted by Crippen LogP contribution is 2.32. The number of benzene rings is 2. The molecule has 2 heterocycles. The van der Waals surface area contributed by atoms with Crippen LogP contribution in [0.4, 0.5) is 14.5 Å². The van der Waals surface area contributed by atoms with Gasteiger partial charge < -0.3 is 5.32 Å². The van der Waals surface area contributed by atoms with Crippen molar-refractivity contribution in [2.45, 2.75) is 23.7 Å². The molecule has 1 unspecified atom stereocenters. The Bertz CT molecular complexity index is 1220. The van der Waals surface area contributed by atoms with Gasteiger partial charge in [0.05, 0.1) is 4.90 Å². The van der Waals surface area contributed by atoms with Gasteiger partial charge >= 0.3 is 0 Å². The molecular formula is C20H18F2N4O3S2. The lowest BCUT2D eigenvalue weighted by Crippen LogP contribution is -2.39. The van der Waals surface area contributed by atoms with E-state index >= 15 is 0 Å². The molecule has 162 valence electrons. The number of nitrogens with zero attached hydrogens (tertiary/aromatic N) is 3. The third-order valence-corrected chi connectivity index (χ3v) is 7.83. The summed E-state index contributed by atoms with van der Waals surface area (Å²) in [5.74, 6) is -1.84. The molecule has 1 aromatic heterocycles. The number of sulfonamides is 1. The lowest BCUT2D eigenvalue weighted by molar-refractivity contribution is 0.102. The Kier molecular flexibility index (Phi) is 6.08. The van der Waals surface area contributed by atoms with Gasteiger partial charge in [0.2, 0.25) is 15.0 Å². The molecule has 2 aromatic carbocycles. The maximum Gasteiger partial charge on any atom is 0.286 e. The molecule has 0 aliphatic carbocycles. The number of piperidine rings is 1. The van der Waals surface area contributed by atoms with Crippen molar-refractivity contribution in [2.24, 2.45) is 0 Å². The maximum absolute atomic E-state index is 13.5. The van der Waals surface area contributed by atoms with Crippen LogP contribution in [0.25, 0.3) is 0 Å². The summed E-state index contributed by atoms with van der Waals surface area (Å²) < 4.78 is 53.9. The van der Waals surface area contributed by atoms with Gasteiger partial charge in [0.25, 0.3) is 5.91 Å². The summed E-state index contributed by atoms with van der Waals surface area (Å²) in [6.07, 6.45) is 1.29. The standard InChI is InChI=1S/C20H18F2N4O3S2/c21-14-5-1-7-16(10-14)23-18(27)20-25-24-19(30-20)13-4-3-9-26(12-13)31(28,29)17-8-2-6-15(22)11-17/h1-2,5-8,10-11,13H,3-4,9,12H2,(H,23,27). The topological polar surface area (TPSA) is 92.3 Å². The number of carbonyl (C=O) groups excluding carboxylic acids is 1. The first-order chi connectivity index (χ1) is 14.8. The highest BCUT2D eigenvalue weighted by molar-refractivity contribution is 7.89. The largest absolute Gasteiger partial charge is 0.320 e. The van der Waals surface area contributed by atoms with Crippen molar-refractivity contribution in [3.05, 3.63) is 70.2 Å². The second-order valence-electron chi connectivity index (χ2n) is 7.07. The predicted molar refractivity (Wildman–Crippen MR) is 111 cm³/mol. The van der Waals surface area contributed by atoms with Crippen LogP contribution in [-0.4, -0.2) is 41.9 Å². The van der Waals surface area contributed by atoms with Crippen molar-refractivity contribution in [1.82, 2.24) is 14.5 Å². The van der Waals surface area contributed by atoms with Crippen molar-refractivity contribution in [2.75, 3.05) is 18.4 Å². The molecule has 1 atom stereocenters. The molecule has 11 heteroatoms. The van der Waals surface area contributed by atoms with E-state index < -0.39 is 27.6 Å². The highest BCUT2D eigenvalue weighted by Gasteiger charge is 2.33. The molecular weight excluding hydrogens is 446 g/mol. The maximum atomic E-state index is 13.5. The summed E-state index contributed by atoms with van der Waals surface area (Å²) in [4.78, 5) is 12.3. The van der Waals surface area contributed by atoms with E-state index in [-0.39, 0.29) is 22.4 Å². The average molecular weight is 465 g/mol. The molecule has 4 rings (SSSR count). The third-order valence-electron chi connectivity index (χ3n) is 4.88. The summed E-state index contributed by atoms with van der Waals surface area (Å²) in [5, 5.41) is 11.2. The van der Waals surface area contributed by atoms with E-state index in [1.807, 2.05) is 0 Å². The Labute approximate surface area is 181 Å². The second kappa shape index (κ2) is 8.77. The van der Waals surface area contributed by atoms with Crippen LogP contribution in [0.15, 0.2) is 53.4 Å². The lowest BCUT2D eigenvalue weighted by atomic mass is 10.0. The Balaban J connectivity index is 1.48. The molecule has 7 nitrogen and oxygen atoms in total. The van der Waals surface area contributed by atoms with Crippen molar-refractivity contribution >= 4 is 33.0 Å². The van der Waals surface area contributed by atoms with Crippen LogP contribution in [0.5, 0.6) is 0 Å². The monoisotopic (exact) mass is 464 g/mol. The van der Waals surface area contributed by atoms with Crippen molar-refractivity contribution in [1.29, 1.82) is 0 Å². The molecule has 1 saturated heterocycles. The number of nitrogens with one attached hydrogen (secondary N) is 1. The number of carbonyl (C=O) groups is 1. The van der Waals surface area contributed by atoms with E-state index in [1.165, 1.54) is 40.7 Å². The van der Waals surface area contributed by atoms with Crippen LogP contribution in [-0.2, 0) is 10.0 Å². The highest BCUT2D eigenvalue weighted by atomic mass is 32.2. The summed E-state index contributed by atoms with van der Waals surface area (Å²) >= 11 is 1.07. The first-order valence-corrected chi connectivity index (χ1v) is 11.7. The molecule has 1 aliphatic rings. The normalized spacial score (nSPS) is 17.4. The Hall–Kier alpha value is -2.76. The van der Waals surface area contributed by atoms with Gasteiger partial charge in [0.1, 0.15) is 16.6 Å². The van der Waals surface area contributed by atoms with Gasteiger partial charge in [-0.15, -0.1) is 10.2 Å². The van der Waals surface area contributed by atoms with Gasteiger partial charge in [0.15, 0.2) is 0 Å². The van der Waals surface area contributed by atoms with Crippen LogP contribution in [0.2, 0.25) is 0 Å². The summed E-state index contributed by atoms with van der Waals surface area (Å²) in [6.45, 7) is 0.486. The fourth-order valence-corrected chi connectivity index (χ4v) is 5.80. The summed E-state index contributed by atoms with van der Waals surface area (Å²) in [5.41, 5.74) is 0.298. The number of rotatable bonds is 5. The molecule has 1 aliphatic heterocycles. The number of hydrogen-bond acceptors (Lipinski definition) is 6. The zero-order valence-corrected chi connectivity index (χ0v) is 17.8. The van der Waals surface area contributed by atoms with Gasteiger partial charge in [-0.25, -0.2) is 17.2 Å². The molecule has 1 fully saturated rings. The van der Waals surface area contributed by atoms with Crippen LogP contribution in [0.1, 0.15) is 33.6 Å². The van der Waals surface area contributed by atoms with Crippen molar-refractivity contribution in [3.8, 4) is 0 Å². The summed E-state index contributed by atoms with van der Waals surface area (Å²) in [7, 11) is -3.84. The number of hydrogen-bond donors (Lipinski definition) is 1. The molecule has 0 bridgehead atoms. The number of halogens is 2. The van der Waals surface area contributed by atoms with Gasteiger partial charge in [-0.2, -0.15) is 4.31 Å². The van der Waals surface area contributed by atoms with E-state index in [2.05, 4.69) is 15.5 Å². The first-order valence-electron chi connectivity index (χ1n) is 9.49. The quantitative estimate of drug-likeness (QED) is 0.623. The fourth-order valence-electron chi connectivity index (χ4n) is 3.38. The van der Waals surface area contributed by atoms with Crippen LogP contribution < -0.4 is 5.32 Å². The Morgan fingerprint density at radius 3 is 2.58 bits per heavy atom. The van der Waals surface area contributed by atoms with E-state index in [9.17, 15) is 22.0 Å². The SMILES string of the molecule is O=C(Nc1cccc(F)c1)c1nnc(C2CCCN(S(=O)(=O)c3cccc(F)c3)C2)s1. The van der Waals surface area contributed by atoms with E-state index in [0.29, 0.717) is 30.1 Å². The minimum atomic E-state index is -3.84. The number of amides is 1. The zero-order valence-electron chi connectivity index (χ0n) is 16.2. The van der Waals surface area contributed by atoms with Crippen molar-refractivity contribution in [3.63, 3.8) is 0 Å². The van der Waals surface area contributed by atoms with Gasteiger partial charge in [-0.05, 0) is 49.2 Å². The zero-order chi connectivity index (χ0) is 22.0. The smallest absolute Gasteiger partial charge is 0.286 e. The van der Waals surface area contributed by atoms with Crippen LogP contribution in [0.3, 0.4) is 0 Å². The fraction of sp³-hybridized carbons (Fsp3) is 0.250. The first kappa shape index (κ1) is 21.5. The number of anilines is 1. The minimum absolute atomic E-state index is 0.0967. The molecule has 0 saturated carbocycles. The van der Waals surface area contributed by atoms with Crippen molar-refractivity contribution < 1.29 is 22.0 Å². The number of aromatic nitrogens is 2. The molecule has 31 heavy (non-hydrogen) atoms. The molecule has 0 spiro atoms. The lowest BCUT2D eigenvalue weighted by Gasteiger charge is -2.30. The predicted octanol–water partition coefficient (Wildman–Crippen LogP) is 3.64. The summed E-state index contributed by atoms with van der Waals surface area (Å²) in [6, 6.07) is 10.4. The molecule has 1 N–H and O–H groups in total. The third kappa shape index (κ3) is 4.78. The Morgan fingerprint density at radius 2 is 1.84 bits per heavy atom. The van der Waals surface area contributed by atoms with Crippen LogP contribution >= 0.6 is 11.3 Å². The average Bonchev–Trinajstić information content (AvgIpc) is 3.24. The minimum Gasteiger partial charge on any atom is -0.320 e. The van der Waals surface area contributed by atoms with Gasteiger partial charge in [0, 0.05) is 24.7 Å². The van der Waals surface area contributed by atoms with E-state index in [4.69, 9.17) is 0 Å².